The van der Waals surface area contributed by atoms with Crippen molar-refractivity contribution in [2.45, 2.75) is 50.2 Å². The predicted molar refractivity (Wildman–Crippen MR) is 108 cm³/mol. The molecule has 3 rings (SSSR count). The van der Waals surface area contributed by atoms with Gasteiger partial charge in [0.05, 0.1) is 0 Å². The summed E-state index contributed by atoms with van der Waals surface area (Å²) in [6.07, 6.45) is 4.75. The third-order valence-corrected chi connectivity index (χ3v) is 6.72. The predicted octanol–water partition coefficient (Wildman–Crippen LogP) is 6.48. The maximum absolute atomic E-state index is 11.0. The minimum Gasteiger partial charge on any atom is -0.507 e. The zero-order valence-corrected chi connectivity index (χ0v) is 16.3. The van der Waals surface area contributed by atoms with Crippen LogP contribution < -0.4 is 0 Å². The molecule has 0 saturated carbocycles. The minimum atomic E-state index is 0.303. The van der Waals surface area contributed by atoms with Crippen LogP contribution in [0.4, 0.5) is 0 Å². The molecule has 2 aromatic rings. The molecule has 0 saturated heterocycles. The van der Waals surface area contributed by atoms with Gasteiger partial charge in [0.1, 0.15) is 5.75 Å². The van der Waals surface area contributed by atoms with Gasteiger partial charge in [0.25, 0.3) is 0 Å². The summed E-state index contributed by atoms with van der Waals surface area (Å²) in [5, 5.41) is 11.3. The maximum Gasteiger partial charge on any atom is 0.123 e. The Morgan fingerprint density at radius 2 is 2.04 bits per heavy atom. The van der Waals surface area contributed by atoms with E-state index in [1.54, 1.807) is 0 Å². The number of phenols is 1. The van der Waals surface area contributed by atoms with Crippen molar-refractivity contribution in [1.82, 2.24) is 0 Å². The second-order valence-electron chi connectivity index (χ2n) is 7.45. The van der Waals surface area contributed by atoms with Gasteiger partial charge >= 0.3 is 0 Å². The lowest BCUT2D eigenvalue weighted by molar-refractivity contribution is 0.358. The van der Waals surface area contributed by atoms with Gasteiger partial charge in [0.2, 0.25) is 0 Å². The number of allylic oxidation sites excluding steroid dienone is 1. The Morgan fingerprint density at radius 1 is 1.28 bits per heavy atom. The summed E-state index contributed by atoms with van der Waals surface area (Å²) in [7, 11) is 0. The van der Waals surface area contributed by atoms with Crippen molar-refractivity contribution in [2.24, 2.45) is 11.8 Å². The molecule has 2 atom stereocenters. The number of aryl methyl sites for hydroxylation is 2. The second-order valence-corrected chi connectivity index (χ2v) is 8.63. The highest BCUT2D eigenvalue weighted by Gasteiger charge is 2.34. The van der Waals surface area contributed by atoms with Crippen LogP contribution in [0.1, 0.15) is 47.8 Å². The molecule has 1 aliphatic heterocycles. The molecule has 1 aliphatic rings. The average molecular weight is 353 g/mol. The summed E-state index contributed by atoms with van der Waals surface area (Å²) < 4.78 is 0. The number of phenolic OH excluding ortho intramolecular Hbond substituents is 1. The molecule has 0 spiro atoms. The van der Waals surface area contributed by atoms with Crippen molar-refractivity contribution in [2.75, 3.05) is 0 Å². The fraction of sp³-hybridized carbons (Fsp3) is 0.391. The topological polar surface area (TPSA) is 20.2 Å². The first-order valence-corrected chi connectivity index (χ1v) is 10.1. The monoisotopic (exact) mass is 352 g/mol. The quantitative estimate of drug-likeness (QED) is 0.621. The SMILES string of the molecule is C=CCCc1cc(C)cc([C@H]2Sc3ccccc3C[C@H]2C(C)C)c1O. The number of hydrogen-bond acceptors (Lipinski definition) is 2. The van der Waals surface area contributed by atoms with E-state index in [1.807, 2.05) is 17.8 Å². The van der Waals surface area contributed by atoms with Gasteiger partial charge < -0.3 is 5.11 Å². The molecule has 1 N–H and O–H groups in total. The lowest BCUT2D eigenvalue weighted by Gasteiger charge is -2.36. The van der Waals surface area contributed by atoms with Crippen LogP contribution in [0.3, 0.4) is 0 Å². The Balaban J connectivity index is 2.04. The Bertz CT molecular complexity index is 763. The fourth-order valence-electron chi connectivity index (χ4n) is 3.80. The number of benzene rings is 2. The van der Waals surface area contributed by atoms with Crippen molar-refractivity contribution in [3.05, 3.63) is 71.3 Å². The number of rotatable bonds is 5. The van der Waals surface area contributed by atoms with Crippen LogP contribution in [0.25, 0.3) is 0 Å². The normalized spacial score (nSPS) is 19.7. The van der Waals surface area contributed by atoms with Gasteiger partial charge in [0.15, 0.2) is 0 Å². The van der Waals surface area contributed by atoms with Crippen LogP contribution in [-0.4, -0.2) is 5.11 Å². The smallest absolute Gasteiger partial charge is 0.123 e. The molecule has 1 heterocycles. The minimum absolute atomic E-state index is 0.303. The Hall–Kier alpha value is -1.67. The summed E-state index contributed by atoms with van der Waals surface area (Å²) in [6, 6.07) is 13.0. The molecule has 0 aliphatic carbocycles. The largest absolute Gasteiger partial charge is 0.507 e. The molecule has 25 heavy (non-hydrogen) atoms. The van der Waals surface area contributed by atoms with Crippen LogP contribution in [0.15, 0.2) is 53.9 Å². The van der Waals surface area contributed by atoms with Gasteiger partial charge in [-0.05, 0) is 55.2 Å². The maximum atomic E-state index is 11.0. The van der Waals surface area contributed by atoms with Crippen LogP contribution >= 0.6 is 11.8 Å². The van der Waals surface area contributed by atoms with E-state index in [0.717, 1.165) is 30.4 Å². The van der Waals surface area contributed by atoms with Gasteiger partial charge in [-0.2, -0.15) is 0 Å². The van der Waals surface area contributed by atoms with E-state index in [-0.39, 0.29) is 0 Å². The van der Waals surface area contributed by atoms with Crippen molar-refractivity contribution in [3.8, 4) is 5.75 Å². The molecule has 0 unspecified atom stereocenters. The van der Waals surface area contributed by atoms with Crippen LogP contribution in [0, 0.1) is 18.8 Å². The molecule has 132 valence electrons. The number of hydrogen-bond donors (Lipinski definition) is 1. The van der Waals surface area contributed by atoms with E-state index in [2.05, 4.69) is 63.7 Å². The fourth-order valence-corrected chi connectivity index (χ4v) is 5.43. The first kappa shape index (κ1) is 18.1. The Kier molecular flexibility index (Phi) is 5.58. The molecule has 2 aromatic carbocycles. The number of aromatic hydroxyl groups is 1. The molecule has 0 aromatic heterocycles. The van der Waals surface area contributed by atoms with E-state index >= 15 is 0 Å². The molecule has 0 bridgehead atoms. The summed E-state index contributed by atoms with van der Waals surface area (Å²) in [6.45, 7) is 10.6. The van der Waals surface area contributed by atoms with E-state index in [0.29, 0.717) is 22.8 Å². The van der Waals surface area contributed by atoms with Crippen molar-refractivity contribution >= 4 is 11.8 Å². The van der Waals surface area contributed by atoms with Gasteiger partial charge in [-0.15, -0.1) is 18.3 Å². The molecule has 0 amide bonds. The summed E-state index contributed by atoms with van der Waals surface area (Å²) >= 11 is 1.92. The summed E-state index contributed by atoms with van der Waals surface area (Å²) in [4.78, 5) is 1.36. The highest BCUT2D eigenvalue weighted by molar-refractivity contribution is 7.99. The van der Waals surface area contributed by atoms with E-state index in [4.69, 9.17) is 0 Å². The van der Waals surface area contributed by atoms with Gasteiger partial charge in [-0.25, -0.2) is 0 Å². The lowest BCUT2D eigenvalue weighted by atomic mass is 9.82. The summed E-state index contributed by atoms with van der Waals surface area (Å²) in [5.74, 6) is 1.59. The first-order chi connectivity index (χ1) is 12.0. The molecular weight excluding hydrogens is 324 g/mol. The third-order valence-electron chi connectivity index (χ3n) is 5.21. The number of thioether (sulfide) groups is 1. The second kappa shape index (κ2) is 7.70. The van der Waals surface area contributed by atoms with E-state index in [9.17, 15) is 5.11 Å². The van der Waals surface area contributed by atoms with Crippen molar-refractivity contribution < 1.29 is 5.11 Å². The molecule has 2 heteroatoms. The van der Waals surface area contributed by atoms with Gasteiger partial charge in [0, 0.05) is 15.7 Å². The van der Waals surface area contributed by atoms with Gasteiger partial charge in [-0.1, -0.05) is 55.8 Å². The van der Waals surface area contributed by atoms with Crippen LogP contribution in [0.5, 0.6) is 5.75 Å². The van der Waals surface area contributed by atoms with Crippen LogP contribution in [-0.2, 0) is 12.8 Å². The average Bonchev–Trinajstić information content (AvgIpc) is 2.61. The molecule has 0 radical (unpaired) electrons. The lowest BCUT2D eigenvalue weighted by Crippen LogP contribution is -2.23. The van der Waals surface area contributed by atoms with E-state index < -0.39 is 0 Å². The van der Waals surface area contributed by atoms with Crippen molar-refractivity contribution in [3.63, 3.8) is 0 Å². The summed E-state index contributed by atoms with van der Waals surface area (Å²) in [5.41, 5.74) is 4.84. The first-order valence-electron chi connectivity index (χ1n) is 9.19. The van der Waals surface area contributed by atoms with E-state index in [1.165, 1.54) is 16.0 Å². The Morgan fingerprint density at radius 3 is 2.76 bits per heavy atom. The zero-order valence-electron chi connectivity index (χ0n) is 15.5. The highest BCUT2D eigenvalue weighted by atomic mass is 32.2. The van der Waals surface area contributed by atoms with Gasteiger partial charge in [-0.3, -0.25) is 0 Å². The molecular formula is C23H28OS. The Labute approximate surface area is 156 Å². The van der Waals surface area contributed by atoms with Crippen molar-refractivity contribution in [1.29, 1.82) is 0 Å². The third kappa shape index (κ3) is 3.79. The highest BCUT2D eigenvalue weighted by Crippen LogP contribution is 2.52. The van der Waals surface area contributed by atoms with Crippen LogP contribution in [0.2, 0.25) is 0 Å². The standard InChI is InChI=1S/C23H28OS/c1-5-6-9-18-12-16(4)13-20(22(18)24)23-19(15(2)3)14-17-10-7-8-11-21(17)25-23/h5,7-8,10-13,15,19,23-24H,1,6,9,14H2,2-4H3/t19-,23-/m0/s1. The molecule has 0 fully saturated rings. The molecule has 1 nitrogen and oxygen atoms in total. The zero-order chi connectivity index (χ0) is 18.0. The number of fused-ring (bicyclic) bond motifs is 1.